The van der Waals surface area contributed by atoms with E-state index in [-0.39, 0.29) is 0 Å². The third-order valence-electron chi connectivity index (χ3n) is 1.18. The molecular weight excluding hydrogens is 110 g/mol. The predicted octanol–water partition coefficient (Wildman–Crippen LogP) is 1.96. The summed E-state index contributed by atoms with van der Waals surface area (Å²) in [5, 5.41) is 0. The lowest BCUT2D eigenvalue weighted by Crippen LogP contribution is -1.76. The topological polar surface area (TPSA) is 12.4 Å². The molecule has 1 heteroatoms. The van der Waals surface area contributed by atoms with Crippen LogP contribution in [-0.4, -0.2) is 12.8 Å². The Bertz CT molecular complexity index is 143. The Hall–Kier alpha value is -0.850. The van der Waals surface area contributed by atoms with Crippen molar-refractivity contribution in [1.82, 2.24) is 0 Å². The Morgan fingerprint density at radius 1 is 1.11 bits per heavy atom. The number of aliphatic imine (C=N–C) groups is 1. The van der Waals surface area contributed by atoms with Crippen molar-refractivity contribution < 1.29 is 0 Å². The van der Waals surface area contributed by atoms with Crippen molar-refractivity contribution in [1.29, 1.82) is 0 Å². The highest BCUT2D eigenvalue weighted by molar-refractivity contribution is 5.59. The van der Waals surface area contributed by atoms with Crippen LogP contribution in [0.4, 0.5) is 0 Å². The van der Waals surface area contributed by atoms with Crippen molar-refractivity contribution in [3.05, 3.63) is 24.3 Å². The maximum atomic E-state index is 4.16. The lowest BCUT2D eigenvalue weighted by molar-refractivity contribution is 1.01. The van der Waals surface area contributed by atoms with Crippen LogP contribution >= 0.6 is 0 Å². The van der Waals surface area contributed by atoms with Gasteiger partial charge in [0.25, 0.3) is 0 Å². The van der Waals surface area contributed by atoms with Crippen molar-refractivity contribution in [2.75, 3.05) is 6.54 Å². The summed E-state index contributed by atoms with van der Waals surface area (Å²) in [6, 6.07) is 0. The molecule has 0 aromatic rings. The summed E-state index contributed by atoms with van der Waals surface area (Å²) in [7, 11) is 0. The third-order valence-corrected chi connectivity index (χ3v) is 1.18. The van der Waals surface area contributed by atoms with Crippen LogP contribution in [0.2, 0.25) is 0 Å². The maximum absolute atomic E-state index is 4.16. The SMILES string of the molecule is C1=NCC/C=C\C=C/C1. The largest absolute Gasteiger partial charge is 0.297 e. The molecule has 1 nitrogen and oxygen atoms in total. The molecule has 0 aliphatic carbocycles. The van der Waals surface area contributed by atoms with Crippen molar-refractivity contribution in [3.63, 3.8) is 0 Å². The Labute approximate surface area is 55.8 Å². The van der Waals surface area contributed by atoms with Crippen LogP contribution in [0.3, 0.4) is 0 Å². The van der Waals surface area contributed by atoms with Crippen molar-refractivity contribution in [2.45, 2.75) is 12.8 Å². The van der Waals surface area contributed by atoms with Gasteiger partial charge >= 0.3 is 0 Å². The Morgan fingerprint density at radius 3 is 3.00 bits per heavy atom. The van der Waals surface area contributed by atoms with E-state index in [2.05, 4.69) is 29.3 Å². The molecule has 0 saturated heterocycles. The van der Waals surface area contributed by atoms with E-state index in [0.717, 1.165) is 19.4 Å². The van der Waals surface area contributed by atoms with Crippen molar-refractivity contribution >= 4 is 6.21 Å². The summed E-state index contributed by atoms with van der Waals surface area (Å²) in [5.41, 5.74) is 0. The van der Waals surface area contributed by atoms with E-state index in [1.54, 1.807) is 0 Å². The number of nitrogens with zero attached hydrogens (tertiary/aromatic N) is 1. The zero-order valence-corrected chi connectivity index (χ0v) is 5.46. The first-order chi connectivity index (χ1) is 4.50. The van der Waals surface area contributed by atoms with Gasteiger partial charge in [-0.1, -0.05) is 24.3 Å². The average Bonchev–Trinajstić information content (AvgIpc) is 2.00. The highest BCUT2D eigenvalue weighted by atomic mass is 14.7. The molecule has 0 amide bonds. The lowest BCUT2D eigenvalue weighted by atomic mass is 10.3. The van der Waals surface area contributed by atoms with Crippen molar-refractivity contribution in [3.8, 4) is 0 Å². The van der Waals surface area contributed by atoms with Crippen LogP contribution in [0.15, 0.2) is 29.3 Å². The second kappa shape index (κ2) is 4.07. The van der Waals surface area contributed by atoms with E-state index in [0.29, 0.717) is 0 Å². The van der Waals surface area contributed by atoms with Gasteiger partial charge in [0.2, 0.25) is 0 Å². The fraction of sp³-hybridized carbons (Fsp3) is 0.375. The fourth-order valence-corrected chi connectivity index (χ4v) is 0.708. The van der Waals surface area contributed by atoms with E-state index >= 15 is 0 Å². The Morgan fingerprint density at radius 2 is 2.00 bits per heavy atom. The quantitative estimate of drug-likeness (QED) is 0.464. The zero-order valence-electron chi connectivity index (χ0n) is 5.46. The van der Waals surface area contributed by atoms with E-state index in [1.807, 2.05) is 6.21 Å². The highest BCUT2D eigenvalue weighted by Gasteiger charge is 1.78. The molecule has 1 rings (SSSR count). The standard InChI is InChI=1S/C8H11N/c1-2-4-6-8-9-7-5-3-1/h1-4,7H,5-6,8H2/b3-1-,4-2-,9-7?. The summed E-state index contributed by atoms with van der Waals surface area (Å²) in [6.07, 6.45) is 12.4. The number of hydrogen-bond donors (Lipinski definition) is 0. The molecule has 0 N–H and O–H groups in total. The molecule has 0 atom stereocenters. The lowest BCUT2D eigenvalue weighted by Gasteiger charge is -1.82. The minimum absolute atomic E-state index is 0.943. The molecule has 0 radical (unpaired) electrons. The summed E-state index contributed by atoms with van der Waals surface area (Å²) in [4.78, 5) is 4.16. The first kappa shape index (κ1) is 6.27. The molecule has 1 heterocycles. The zero-order chi connectivity index (χ0) is 6.36. The van der Waals surface area contributed by atoms with Gasteiger partial charge in [0.15, 0.2) is 0 Å². The van der Waals surface area contributed by atoms with E-state index in [1.165, 1.54) is 0 Å². The van der Waals surface area contributed by atoms with Crippen LogP contribution in [0.25, 0.3) is 0 Å². The first-order valence-electron chi connectivity index (χ1n) is 3.30. The number of allylic oxidation sites excluding steroid dienone is 3. The monoisotopic (exact) mass is 121 g/mol. The first-order valence-corrected chi connectivity index (χ1v) is 3.30. The summed E-state index contributed by atoms with van der Waals surface area (Å²) >= 11 is 0. The smallest absolute Gasteiger partial charge is 0.0420 e. The van der Waals surface area contributed by atoms with Gasteiger partial charge in [-0.15, -0.1) is 0 Å². The van der Waals surface area contributed by atoms with Gasteiger partial charge in [-0.05, 0) is 6.42 Å². The number of hydrogen-bond acceptors (Lipinski definition) is 1. The highest BCUT2D eigenvalue weighted by Crippen LogP contribution is 1.90. The van der Waals surface area contributed by atoms with Gasteiger partial charge in [-0.25, -0.2) is 0 Å². The van der Waals surface area contributed by atoms with Crippen LogP contribution in [0, 0.1) is 0 Å². The molecule has 48 valence electrons. The van der Waals surface area contributed by atoms with Gasteiger partial charge in [0.05, 0.1) is 0 Å². The minimum atomic E-state index is 0.943. The van der Waals surface area contributed by atoms with Crippen molar-refractivity contribution in [2.24, 2.45) is 4.99 Å². The Balaban J connectivity index is 2.43. The average molecular weight is 121 g/mol. The van der Waals surface area contributed by atoms with Crippen LogP contribution in [0.1, 0.15) is 12.8 Å². The Kier molecular flexibility index (Phi) is 2.84. The molecule has 0 bridgehead atoms. The van der Waals surface area contributed by atoms with Crippen LogP contribution < -0.4 is 0 Å². The van der Waals surface area contributed by atoms with Crippen LogP contribution in [0.5, 0.6) is 0 Å². The number of rotatable bonds is 0. The summed E-state index contributed by atoms with van der Waals surface area (Å²) in [6.45, 7) is 0.943. The third kappa shape index (κ3) is 2.85. The summed E-state index contributed by atoms with van der Waals surface area (Å²) < 4.78 is 0. The molecule has 0 aromatic carbocycles. The van der Waals surface area contributed by atoms with Gasteiger partial charge in [0.1, 0.15) is 0 Å². The molecule has 0 unspecified atom stereocenters. The van der Waals surface area contributed by atoms with E-state index in [9.17, 15) is 0 Å². The minimum Gasteiger partial charge on any atom is -0.297 e. The van der Waals surface area contributed by atoms with E-state index < -0.39 is 0 Å². The second-order valence-corrected chi connectivity index (χ2v) is 1.97. The normalized spacial score (nSPS) is 25.8. The molecule has 0 fully saturated rings. The molecule has 0 saturated carbocycles. The maximum Gasteiger partial charge on any atom is 0.0420 e. The molecule has 0 aromatic heterocycles. The second-order valence-electron chi connectivity index (χ2n) is 1.97. The van der Waals surface area contributed by atoms with Gasteiger partial charge in [-0.3, -0.25) is 4.99 Å². The van der Waals surface area contributed by atoms with Crippen LogP contribution in [-0.2, 0) is 0 Å². The molecule has 9 heavy (non-hydrogen) atoms. The molecule has 1 aliphatic rings. The molecule has 1 aliphatic heterocycles. The summed E-state index contributed by atoms with van der Waals surface area (Å²) in [5.74, 6) is 0. The fourth-order valence-electron chi connectivity index (χ4n) is 0.708. The van der Waals surface area contributed by atoms with Gasteiger partial charge in [0, 0.05) is 19.2 Å². The molecular formula is C8H11N. The van der Waals surface area contributed by atoms with Gasteiger partial charge < -0.3 is 0 Å². The van der Waals surface area contributed by atoms with E-state index in [4.69, 9.17) is 0 Å². The van der Waals surface area contributed by atoms with Gasteiger partial charge in [-0.2, -0.15) is 0 Å². The predicted molar refractivity (Wildman–Crippen MR) is 40.9 cm³/mol. The molecule has 0 spiro atoms.